The van der Waals surface area contributed by atoms with Gasteiger partial charge in [-0.2, -0.15) is 0 Å². The maximum atomic E-state index is 12.6. The SMILES string of the molecule is CC(=O)N1CCc2cc(NC(=O)c3ccc(CN4CCCCCC4)o3)ccc21. The second-order valence-electron chi connectivity index (χ2n) is 7.67. The van der Waals surface area contributed by atoms with E-state index in [0.29, 0.717) is 12.3 Å². The summed E-state index contributed by atoms with van der Waals surface area (Å²) in [5, 5.41) is 2.91. The highest BCUT2D eigenvalue weighted by atomic mass is 16.4. The van der Waals surface area contributed by atoms with Crippen molar-refractivity contribution < 1.29 is 14.0 Å². The topological polar surface area (TPSA) is 65.8 Å². The average Bonchev–Trinajstić information content (AvgIpc) is 3.23. The van der Waals surface area contributed by atoms with E-state index in [1.54, 1.807) is 17.9 Å². The summed E-state index contributed by atoms with van der Waals surface area (Å²) >= 11 is 0. The number of benzene rings is 1. The van der Waals surface area contributed by atoms with E-state index in [1.807, 2.05) is 24.3 Å². The maximum absolute atomic E-state index is 12.6. The monoisotopic (exact) mass is 381 g/mol. The predicted octanol–water partition coefficient (Wildman–Crippen LogP) is 3.82. The van der Waals surface area contributed by atoms with Gasteiger partial charge in [-0.05, 0) is 68.2 Å². The van der Waals surface area contributed by atoms with Gasteiger partial charge < -0.3 is 14.6 Å². The molecule has 2 aromatic rings. The van der Waals surface area contributed by atoms with Crippen molar-refractivity contribution in [2.24, 2.45) is 0 Å². The number of carbonyl (C=O) groups is 2. The van der Waals surface area contributed by atoms with E-state index in [0.717, 1.165) is 48.8 Å². The van der Waals surface area contributed by atoms with Gasteiger partial charge in [0.2, 0.25) is 5.91 Å². The summed E-state index contributed by atoms with van der Waals surface area (Å²) in [6, 6.07) is 9.31. The summed E-state index contributed by atoms with van der Waals surface area (Å²) in [4.78, 5) is 28.4. The smallest absolute Gasteiger partial charge is 0.291 e. The average molecular weight is 381 g/mol. The Labute approximate surface area is 165 Å². The number of fused-ring (bicyclic) bond motifs is 1. The zero-order valence-corrected chi connectivity index (χ0v) is 16.4. The highest BCUT2D eigenvalue weighted by Gasteiger charge is 2.23. The summed E-state index contributed by atoms with van der Waals surface area (Å²) in [5.74, 6) is 0.959. The summed E-state index contributed by atoms with van der Waals surface area (Å²) in [7, 11) is 0. The Hall–Kier alpha value is -2.60. The van der Waals surface area contributed by atoms with Gasteiger partial charge in [0.05, 0.1) is 6.54 Å². The van der Waals surface area contributed by atoms with Crippen LogP contribution in [0, 0.1) is 0 Å². The third-order valence-electron chi connectivity index (χ3n) is 5.58. The minimum Gasteiger partial charge on any atom is -0.455 e. The van der Waals surface area contributed by atoms with E-state index >= 15 is 0 Å². The summed E-state index contributed by atoms with van der Waals surface area (Å²) < 4.78 is 5.80. The second kappa shape index (κ2) is 8.19. The van der Waals surface area contributed by atoms with Crippen LogP contribution in [0.3, 0.4) is 0 Å². The Morgan fingerprint density at radius 3 is 2.57 bits per heavy atom. The first-order valence-corrected chi connectivity index (χ1v) is 10.1. The van der Waals surface area contributed by atoms with Crippen LogP contribution in [-0.2, 0) is 17.8 Å². The van der Waals surface area contributed by atoms with Crippen LogP contribution in [0.25, 0.3) is 0 Å². The van der Waals surface area contributed by atoms with Gasteiger partial charge in [0, 0.05) is 24.8 Å². The first-order chi connectivity index (χ1) is 13.6. The Balaban J connectivity index is 1.39. The molecular weight excluding hydrogens is 354 g/mol. The number of amides is 2. The normalized spacial score (nSPS) is 17.2. The van der Waals surface area contributed by atoms with E-state index in [-0.39, 0.29) is 11.8 Å². The molecule has 0 unspecified atom stereocenters. The van der Waals surface area contributed by atoms with E-state index in [1.165, 1.54) is 25.7 Å². The lowest BCUT2D eigenvalue weighted by Crippen LogP contribution is -2.25. The van der Waals surface area contributed by atoms with Crippen LogP contribution >= 0.6 is 0 Å². The highest BCUT2D eigenvalue weighted by Crippen LogP contribution is 2.30. The van der Waals surface area contributed by atoms with Crippen molar-refractivity contribution in [3.63, 3.8) is 0 Å². The van der Waals surface area contributed by atoms with Gasteiger partial charge in [-0.25, -0.2) is 0 Å². The molecule has 1 fully saturated rings. The summed E-state index contributed by atoms with van der Waals surface area (Å²) in [6.45, 7) is 5.21. The fourth-order valence-electron chi connectivity index (χ4n) is 4.10. The molecule has 148 valence electrons. The Morgan fingerprint density at radius 2 is 1.82 bits per heavy atom. The molecule has 4 rings (SSSR count). The van der Waals surface area contributed by atoms with Gasteiger partial charge in [-0.3, -0.25) is 14.5 Å². The van der Waals surface area contributed by atoms with Crippen LogP contribution in [0.5, 0.6) is 0 Å². The highest BCUT2D eigenvalue weighted by molar-refractivity contribution is 6.02. The molecule has 6 heteroatoms. The maximum Gasteiger partial charge on any atom is 0.291 e. The molecule has 0 atom stereocenters. The van der Waals surface area contributed by atoms with Crippen LogP contribution in [-0.4, -0.2) is 36.3 Å². The molecule has 1 N–H and O–H groups in total. The largest absolute Gasteiger partial charge is 0.455 e. The number of likely N-dealkylation sites (tertiary alicyclic amines) is 1. The van der Waals surface area contributed by atoms with Crippen LogP contribution in [0.2, 0.25) is 0 Å². The first-order valence-electron chi connectivity index (χ1n) is 10.1. The number of carbonyl (C=O) groups excluding carboxylic acids is 2. The molecule has 0 saturated carbocycles. The lowest BCUT2D eigenvalue weighted by Gasteiger charge is -2.17. The van der Waals surface area contributed by atoms with Crippen LogP contribution in [0.4, 0.5) is 11.4 Å². The number of nitrogens with zero attached hydrogens (tertiary/aromatic N) is 2. The number of hydrogen-bond donors (Lipinski definition) is 1. The van der Waals surface area contributed by atoms with Crippen molar-refractivity contribution in [2.45, 2.75) is 45.6 Å². The van der Waals surface area contributed by atoms with E-state index in [9.17, 15) is 9.59 Å². The molecule has 28 heavy (non-hydrogen) atoms. The van der Waals surface area contributed by atoms with Gasteiger partial charge in [-0.15, -0.1) is 0 Å². The number of nitrogens with one attached hydrogen (secondary N) is 1. The van der Waals surface area contributed by atoms with Crippen molar-refractivity contribution in [2.75, 3.05) is 29.9 Å². The van der Waals surface area contributed by atoms with Gasteiger partial charge in [-0.1, -0.05) is 12.8 Å². The Bertz CT molecular complexity index is 866. The quantitative estimate of drug-likeness (QED) is 0.874. The molecule has 1 saturated heterocycles. The van der Waals surface area contributed by atoms with Crippen molar-refractivity contribution in [3.05, 3.63) is 47.4 Å². The van der Waals surface area contributed by atoms with Crippen molar-refractivity contribution in [3.8, 4) is 0 Å². The molecule has 0 aliphatic carbocycles. The molecule has 6 nitrogen and oxygen atoms in total. The minimum atomic E-state index is -0.247. The van der Waals surface area contributed by atoms with Crippen LogP contribution < -0.4 is 10.2 Å². The first kappa shape index (κ1) is 18.7. The molecule has 2 aliphatic heterocycles. The fourth-order valence-corrected chi connectivity index (χ4v) is 4.10. The number of hydrogen-bond acceptors (Lipinski definition) is 4. The van der Waals surface area contributed by atoms with Crippen LogP contribution in [0.1, 0.15) is 54.5 Å². The van der Waals surface area contributed by atoms with E-state index in [4.69, 9.17) is 4.42 Å². The molecule has 2 amide bonds. The fraction of sp³-hybridized carbons (Fsp3) is 0.455. The predicted molar refractivity (Wildman–Crippen MR) is 109 cm³/mol. The lowest BCUT2D eigenvalue weighted by molar-refractivity contribution is -0.116. The van der Waals surface area contributed by atoms with Gasteiger partial charge in [0.25, 0.3) is 5.91 Å². The molecule has 0 bridgehead atoms. The molecule has 3 heterocycles. The Kier molecular flexibility index (Phi) is 5.48. The van der Waals surface area contributed by atoms with Crippen molar-refractivity contribution in [1.29, 1.82) is 0 Å². The third kappa shape index (κ3) is 4.12. The second-order valence-corrected chi connectivity index (χ2v) is 7.67. The van der Waals surface area contributed by atoms with E-state index in [2.05, 4.69) is 10.2 Å². The summed E-state index contributed by atoms with van der Waals surface area (Å²) in [6.07, 6.45) is 5.86. The number of anilines is 2. The van der Waals surface area contributed by atoms with Gasteiger partial charge in [0.15, 0.2) is 5.76 Å². The van der Waals surface area contributed by atoms with Crippen molar-refractivity contribution in [1.82, 2.24) is 4.90 Å². The number of furan rings is 1. The zero-order chi connectivity index (χ0) is 19.5. The van der Waals surface area contributed by atoms with E-state index < -0.39 is 0 Å². The summed E-state index contributed by atoms with van der Waals surface area (Å²) in [5.41, 5.74) is 2.73. The molecular formula is C22H27N3O3. The lowest BCUT2D eigenvalue weighted by atomic mass is 10.1. The van der Waals surface area contributed by atoms with Gasteiger partial charge >= 0.3 is 0 Å². The standard InChI is InChI=1S/C22H27N3O3/c1-16(26)25-13-10-17-14-18(6-8-20(17)25)23-22(27)21-9-7-19(28-21)15-24-11-4-2-3-5-12-24/h6-9,14H,2-5,10-13,15H2,1H3,(H,23,27). The van der Waals surface area contributed by atoms with Gasteiger partial charge in [0.1, 0.15) is 5.76 Å². The van der Waals surface area contributed by atoms with Crippen LogP contribution in [0.15, 0.2) is 34.7 Å². The molecule has 1 aromatic heterocycles. The molecule has 2 aliphatic rings. The number of rotatable bonds is 4. The molecule has 0 spiro atoms. The minimum absolute atomic E-state index is 0.0445. The zero-order valence-electron chi connectivity index (χ0n) is 16.4. The van der Waals surface area contributed by atoms with Crippen molar-refractivity contribution >= 4 is 23.2 Å². The third-order valence-corrected chi connectivity index (χ3v) is 5.58. The Morgan fingerprint density at radius 1 is 1.04 bits per heavy atom. The molecule has 1 aromatic carbocycles. The molecule has 0 radical (unpaired) electrons.